The van der Waals surface area contributed by atoms with Crippen LogP contribution < -0.4 is 10.6 Å². The number of imidazole rings is 1. The van der Waals surface area contributed by atoms with Gasteiger partial charge in [0, 0.05) is 19.3 Å². The zero-order valence-electron chi connectivity index (χ0n) is 22.4. The summed E-state index contributed by atoms with van der Waals surface area (Å²) < 4.78 is 72.8. The van der Waals surface area contributed by atoms with Gasteiger partial charge in [-0.15, -0.1) is 0 Å². The standard InChI is InChI=1S/C26H30F5N7O3/c1-13(26(29,30)31)9-20(39)34-22(15-3-4-15)17-10-19-33-18(12-38(19)32-11-17)23(16-5-7-25(27,28)8-6-16)35-24(40)21-14(2)36-41-37-21/h10-13,15-16,22-23H,3-9H2,1-2H3,(H,34,39)(H,35,40)/t13-,22-,23+/m1/s1. The Labute approximate surface area is 231 Å². The summed E-state index contributed by atoms with van der Waals surface area (Å²) in [5.74, 6) is -6.10. The molecular weight excluding hydrogens is 553 g/mol. The summed E-state index contributed by atoms with van der Waals surface area (Å²) in [6.07, 6.45) is -0.739. The molecule has 2 aliphatic carbocycles. The van der Waals surface area contributed by atoms with E-state index in [9.17, 15) is 31.5 Å². The maximum absolute atomic E-state index is 13.9. The lowest BCUT2D eigenvalue weighted by molar-refractivity contribution is -0.174. The van der Waals surface area contributed by atoms with Crippen LogP contribution in [-0.2, 0) is 4.79 Å². The minimum atomic E-state index is -4.47. The average Bonchev–Trinajstić information content (AvgIpc) is 3.50. The summed E-state index contributed by atoms with van der Waals surface area (Å²) in [5.41, 5.74) is 1.62. The highest BCUT2D eigenvalue weighted by Crippen LogP contribution is 2.43. The number of carbonyl (C=O) groups excluding carboxylic acids is 2. The second-order valence-corrected chi connectivity index (χ2v) is 11.1. The fourth-order valence-electron chi connectivity index (χ4n) is 5.24. The first-order valence-electron chi connectivity index (χ1n) is 13.5. The van der Waals surface area contributed by atoms with Crippen molar-refractivity contribution in [2.45, 2.75) is 83.0 Å². The first-order chi connectivity index (χ1) is 19.3. The molecule has 0 aliphatic heterocycles. The molecule has 3 heterocycles. The van der Waals surface area contributed by atoms with Gasteiger partial charge in [-0.2, -0.15) is 18.3 Å². The van der Waals surface area contributed by atoms with Gasteiger partial charge in [0.1, 0.15) is 5.69 Å². The van der Waals surface area contributed by atoms with Crippen molar-refractivity contribution < 1.29 is 36.2 Å². The lowest BCUT2D eigenvalue weighted by Gasteiger charge is -2.33. The molecule has 41 heavy (non-hydrogen) atoms. The van der Waals surface area contributed by atoms with E-state index in [4.69, 9.17) is 0 Å². The third kappa shape index (κ3) is 6.64. The van der Waals surface area contributed by atoms with Gasteiger partial charge in [0.15, 0.2) is 11.3 Å². The lowest BCUT2D eigenvalue weighted by Crippen LogP contribution is -2.37. The van der Waals surface area contributed by atoms with Crippen molar-refractivity contribution in [1.29, 1.82) is 0 Å². The number of nitrogens with one attached hydrogen (secondary N) is 2. The van der Waals surface area contributed by atoms with E-state index in [0.717, 1.165) is 19.8 Å². The van der Waals surface area contributed by atoms with Crippen molar-refractivity contribution in [3.8, 4) is 0 Å². The summed E-state index contributed by atoms with van der Waals surface area (Å²) in [5, 5.41) is 17.2. The number of rotatable bonds is 9. The number of alkyl halides is 5. The molecule has 0 unspecified atom stereocenters. The highest BCUT2D eigenvalue weighted by molar-refractivity contribution is 5.93. The number of aromatic nitrogens is 5. The van der Waals surface area contributed by atoms with Crippen LogP contribution in [0.3, 0.4) is 0 Å². The first-order valence-corrected chi connectivity index (χ1v) is 13.5. The topological polar surface area (TPSA) is 127 Å². The molecule has 2 amide bonds. The molecule has 222 valence electrons. The molecule has 0 bridgehead atoms. The summed E-state index contributed by atoms with van der Waals surface area (Å²) in [6.45, 7) is 2.52. The maximum Gasteiger partial charge on any atom is 0.392 e. The molecule has 3 atom stereocenters. The zero-order chi connectivity index (χ0) is 29.5. The van der Waals surface area contributed by atoms with Crippen LogP contribution in [-0.4, -0.2) is 48.8 Å². The molecule has 0 radical (unpaired) electrons. The number of hydrogen-bond acceptors (Lipinski definition) is 7. The third-order valence-electron chi connectivity index (χ3n) is 7.89. The molecule has 2 saturated carbocycles. The number of amides is 2. The van der Waals surface area contributed by atoms with Gasteiger partial charge in [0.05, 0.1) is 36.1 Å². The quantitative estimate of drug-likeness (QED) is 0.344. The molecule has 2 fully saturated rings. The van der Waals surface area contributed by atoms with Gasteiger partial charge >= 0.3 is 6.18 Å². The van der Waals surface area contributed by atoms with Gasteiger partial charge in [-0.3, -0.25) is 9.59 Å². The molecule has 0 saturated heterocycles. The summed E-state index contributed by atoms with van der Waals surface area (Å²) in [4.78, 5) is 30.1. The summed E-state index contributed by atoms with van der Waals surface area (Å²) in [6, 6.07) is 0.425. The minimum Gasteiger partial charge on any atom is -0.349 e. The van der Waals surface area contributed by atoms with E-state index >= 15 is 0 Å². The van der Waals surface area contributed by atoms with Crippen LogP contribution in [0.4, 0.5) is 22.0 Å². The van der Waals surface area contributed by atoms with Crippen molar-refractivity contribution in [2.24, 2.45) is 17.8 Å². The number of hydrogen-bond donors (Lipinski definition) is 2. The Morgan fingerprint density at radius 2 is 1.78 bits per heavy atom. The number of carbonyl (C=O) groups is 2. The Morgan fingerprint density at radius 1 is 1.10 bits per heavy atom. The molecule has 2 N–H and O–H groups in total. The first kappa shape index (κ1) is 28.9. The molecule has 3 aromatic rings. The number of nitrogens with zero attached hydrogens (tertiary/aromatic N) is 5. The molecule has 0 spiro atoms. The molecule has 2 aliphatic rings. The molecular formula is C26H30F5N7O3. The molecule has 5 rings (SSSR count). The third-order valence-corrected chi connectivity index (χ3v) is 7.89. The van der Waals surface area contributed by atoms with Crippen LogP contribution in [0.1, 0.15) is 91.4 Å². The fraction of sp³-hybridized carbons (Fsp3) is 0.615. The fourth-order valence-corrected chi connectivity index (χ4v) is 5.24. The Balaban J connectivity index is 1.39. The van der Waals surface area contributed by atoms with E-state index in [-0.39, 0.29) is 48.9 Å². The van der Waals surface area contributed by atoms with E-state index in [1.54, 1.807) is 19.2 Å². The zero-order valence-corrected chi connectivity index (χ0v) is 22.4. The van der Waals surface area contributed by atoms with Gasteiger partial charge in [-0.05, 0) is 61.2 Å². The van der Waals surface area contributed by atoms with Crippen LogP contribution in [0.5, 0.6) is 0 Å². The van der Waals surface area contributed by atoms with Crippen LogP contribution >= 0.6 is 0 Å². The largest absolute Gasteiger partial charge is 0.392 e. The van der Waals surface area contributed by atoms with Gasteiger partial charge in [0.25, 0.3) is 5.91 Å². The van der Waals surface area contributed by atoms with Crippen LogP contribution in [0.2, 0.25) is 0 Å². The minimum absolute atomic E-state index is 0.0248. The molecule has 15 heteroatoms. The predicted octanol–water partition coefficient (Wildman–Crippen LogP) is 4.87. The summed E-state index contributed by atoms with van der Waals surface area (Å²) in [7, 11) is 0. The average molecular weight is 584 g/mol. The van der Waals surface area contributed by atoms with Gasteiger partial charge in [0.2, 0.25) is 11.8 Å². The highest BCUT2D eigenvalue weighted by atomic mass is 19.4. The van der Waals surface area contributed by atoms with Crippen molar-refractivity contribution >= 4 is 17.5 Å². The number of aryl methyl sites for hydroxylation is 1. The molecule has 3 aromatic heterocycles. The Morgan fingerprint density at radius 3 is 2.39 bits per heavy atom. The highest BCUT2D eigenvalue weighted by Gasteiger charge is 2.41. The summed E-state index contributed by atoms with van der Waals surface area (Å²) >= 11 is 0. The van der Waals surface area contributed by atoms with Crippen LogP contribution in [0, 0.1) is 24.7 Å². The van der Waals surface area contributed by atoms with Crippen LogP contribution in [0.15, 0.2) is 23.1 Å². The maximum atomic E-state index is 13.9. The van der Waals surface area contributed by atoms with E-state index in [0.29, 0.717) is 16.9 Å². The van der Waals surface area contributed by atoms with Gasteiger partial charge < -0.3 is 10.6 Å². The van der Waals surface area contributed by atoms with Crippen LogP contribution in [0.25, 0.3) is 5.65 Å². The van der Waals surface area contributed by atoms with E-state index < -0.39 is 48.3 Å². The van der Waals surface area contributed by atoms with E-state index in [1.165, 1.54) is 10.7 Å². The Kier molecular flexibility index (Phi) is 7.72. The van der Waals surface area contributed by atoms with Gasteiger partial charge in [-0.1, -0.05) is 12.1 Å². The molecule has 10 nitrogen and oxygen atoms in total. The Bertz CT molecular complexity index is 1410. The predicted molar refractivity (Wildman–Crippen MR) is 133 cm³/mol. The van der Waals surface area contributed by atoms with Gasteiger partial charge in [-0.25, -0.2) is 22.9 Å². The van der Waals surface area contributed by atoms with Crippen molar-refractivity contribution in [3.05, 3.63) is 41.1 Å². The van der Waals surface area contributed by atoms with Crippen molar-refractivity contribution in [2.75, 3.05) is 0 Å². The van der Waals surface area contributed by atoms with E-state index in [2.05, 4.69) is 35.7 Å². The second kappa shape index (κ2) is 11.0. The van der Waals surface area contributed by atoms with Crippen molar-refractivity contribution in [3.63, 3.8) is 0 Å². The smallest absolute Gasteiger partial charge is 0.349 e. The Hall–Kier alpha value is -3.65. The monoisotopic (exact) mass is 583 g/mol. The number of halogens is 5. The normalized spacial score (nSPS) is 20.0. The van der Waals surface area contributed by atoms with Crippen molar-refractivity contribution in [1.82, 2.24) is 35.5 Å². The second-order valence-electron chi connectivity index (χ2n) is 11.1. The molecule has 0 aromatic carbocycles. The van der Waals surface area contributed by atoms with E-state index in [1.807, 2.05) is 0 Å². The lowest BCUT2D eigenvalue weighted by atomic mass is 9.81. The number of fused-ring (bicyclic) bond motifs is 1. The SMILES string of the molecule is Cc1nonc1C(=O)N[C@H](c1cn2ncc([C@H](NC(=O)C[C@@H](C)C(F)(F)F)C3CC3)cc2n1)C1CCC(F)(F)CC1.